The number of hydrogen-bond acceptors (Lipinski definition) is 4. The number of halogens is 1. The van der Waals surface area contributed by atoms with Crippen molar-refractivity contribution in [3.8, 4) is 11.5 Å². The van der Waals surface area contributed by atoms with Crippen molar-refractivity contribution in [3.63, 3.8) is 0 Å². The van der Waals surface area contributed by atoms with Gasteiger partial charge in [0, 0.05) is 17.2 Å². The van der Waals surface area contributed by atoms with Gasteiger partial charge in [0.15, 0.2) is 4.67 Å². The average Bonchev–Trinajstić information content (AvgIpc) is 2.90. The molecule has 5 heteroatoms. The number of hydrogen-bond donors (Lipinski definition) is 1. The van der Waals surface area contributed by atoms with Crippen LogP contribution in [-0.2, 0) is 0 Å². The lowest BCUT2D eigenvalue weighted by Gasteiger charge is -2.20. The molecule has 1 atom stereocenters. The van der Waals surface area contributed by atoms with Crippen molar-refractivity contribution in [2.45, 2.75) is 13.0 Å². The van der Waals surface area contributed by atoms with Gasteiger partial charge in [-0.05, 0) is 40.7 Å². The molecule has 1 aromatic heterocycles. The van der Waals surface area contributed by atoms with E-state index in [2.05, 4.69) is 28.2 Å². The molecule has 0 fully saturated rings. The van der Waals surface area contributed by atoms with Crippen LogP contribution in [0.5, 0.6) is 11.5 Å². The zero-order valence-electron chi connectivity index (χ0n) is 11.8. The van der Waals surface area contributed by atoms with Gasteiger partial charge < -0.3 is 19.2 Å². The van der Waals surface area contributed by atoms with Gasteiger partial charge in [-0.1, -0.05) is 6.92 Å². The molecule has 20 heavy (non-hydrogen) atoms. The smallest absolute Gasteiger partial charge is 0.174 e. The fourth-order valence-corrected chi connectivity index (χ4v) is 2.63. The summed E-state index contributed by atoms with van der Waals surface area (Å²) >= 11 is 3.44. The molecule has 0 amide bonds. The van der Waals surface area contributed by atoms with Crippen LogP contribution in [-0.4, -0.2) is 20.8 Å². The van der Waals surface area contributed by atoms with Crippen LogP contribution in [0.25, 0.3) is 0 Å². The average molecular weight is 340 g/mol. The highest BCUT2D eigenvalue weighted by Crippen LogP contribution is 2.36. The first-order valence-corrected chi connectivity index (χ1v) is 7.18. The Morgan fingerprint density at radius 1 is 1.20 bits per heavy atom. The second-order valence-electron chi connectivity index (χ2n) is 4.25. The van der Waals surface area contributed by atoms with Crippen molar-refractivity contribution >= 4 is 15.9 Å². The maximum absolute atomic E-state index is 5.49. The van der Waals surface area contributed by atoms with Crippen LogP contribution in [0.15, 0.2) is 39.6 Å². The molecular weight excluding hydrogens is 322 g/mol. The summed E-state index contributed by atoms with van der Waals surface area (Å²) in [6.07, 6.45) is 1.67. The van der Waals surface area contributed by atoms with Gasteiger partial charge in [0.25, 0.3) is 0 Å². The highest BCUT2D eigenvalue weighted by molar-refractivity contribution is 9.10. The Hall–Kier alpha value is -1.46. The third kappa shape index (κ3) is 2.99. The molecule has 0 radical (unpaired) electrons. The lowest BCUT2D eigenvalue weighted by atomic mass is 10.00. The molecule has 1 N–H and O–H groups in total. The topological polar surface area (TPSA) is 43.6 Å². The first kappa shape index (κ1) is 14.9. The normalized spacial score (nSPS) is 12.2. The molecule has 0 spiro atoms. The van der Waals surface area contributed by atoms with Gasteiger partial charge >= 0.3 is 0 Å². The van der Waals surface area contributed by atoms with E-state index in [1.165, 1.54) is 0 Å². The Morgan fingerprint density at radius 2 is 2.00 bits per heavy atom. The lowest BCUT2D eigenvalue weighted by Crippen LogP contribution is -2.22. The summed E-state index contributed by atoms with van der Waals surface area (Å²) in [6, 6.07) is 7.75. The number of rotatable bonds is 6. The first-order valence-electron chi connectivity index (χ1n) is 6.39. The van der Waals surface area contributed by atoms with Crippen molar-refractivity contribution in [2.75, 3.05) is 20.8 Å². The minimum atomic E-state index is -0.00557. The largest absolute Gasteiger partial charge is 0.497 e. The van der Waals surface area contributed by atoms with Gasteiger partial charge in [0.1, 0.15) is 11.5 Å². The Balaban J connectivity index is 2.46. The van der Waals surface area contributed by atoms with E-state index >= 15 is 0 Å². The molecule has 0 aliphatic heterocycles. The van der Waals surface area contributed by atoms with E-state index in [0.717, 1.165) is 33.8 Å². The molecule has 4 nitrogen and oxygen atoms in total. The van der Waals surface area contributed by atoms with Gasteiger partial charge in [0.2, 0.25) is 0 Å². The van der Waals surface area contributed by atoms with Gasteiger partial charge in [-0.3, -0.25) is 0 Å². The Labute approximate surface area is 127 Å². The minimum absolute atomic E-state index is 0.00557. The number of ether oxygens (including phenoxy) is 2. The minimum Gasteiger partial charge on any atom is -0.497 e. The van der Waals surface area contributed by atoms with Crippen molar-refractivity contribution in [1.82, 2.24) is 5.32 Å². The summed E-state index contributed by atoms with van der Waals surface area (Å²) in [5, 5.41) is 3.44. The summed E-state index contributed by atoms with van der Waals surface area (Å²) in [6.45, 7) is 2.90. The van der Waals surface area contributed by atoms with Crippen LogP contribution in [0, 0.1) is 0 Å². The van der Waals surface area contributed by atoms with Crippen molar-refractivity contribution in [3.05, 3.63) is 46.3 Å². The van der Waals surface area contributed by atoms with Gasteiger partial charge in [-0.15, -0.1) is 0 Å². The highest BCUT2D eigenvalue weighted by atomic mass is 79.9. The first-order chi connectivity index (χ1) is 9.71. The summed E-state index contributed by atoms with van der Waals surface area (Å²) in [7, 11) is 3.30. The van der Waals surface area contributed by atoms with Gasteiger partial charge in [-0.2, -0.15) is 0 Å². The summed E-state index contributed by atoms with van der Waals surface area (Å²) < 4.78 is 16.8. The van der Waals surface area contributed by atoms with E-state index in [0.29, 0.717) is 0 Å². The zero-order chi connectivity index (χ0) is 14.5. The predicted molar refractivity (Wildman–Crippen MR) is 81.5 cm³/mol. The van der Waals surface area contributed by atoms with Crippen LogP contribution < -0.4 is 14.8 Å². The number of methoxy groups -OCH3 is 2. The zero-order valence-corrected chi connectivity index (χ0v) is 13.4. The molecule has 2 rings (SSSR count). The second-order valence-corrected chi connectivity index (χ2v) is 4.97. The molecule has 0 bridgehead atoms. The highest BCUT2D eigenvalue weighted by Gasteiger charge is 2.21. The lowest BCUT2D eigenvalue weighted by molar-refractivity contribution is 0.387. The van der Waals surface area contributed by atoms with Crippen LogP contribution in [0.2, 0.25) is 0 Å². The standard InChI is InChI=1S/C15H18BrNO3/c1-4-17-14(12-7-8-20-15(12)16)11-6-5-10(18-2)9-13(11)19-3/h5-9,14,17H,4H2,1-3H3. The van der Waals surface area contributed by atoms with Crippen molar-refractivity contribution in [2.24, 2.45) is 0 Å². The molecule has 1 unspecified atom stereocenters. The molecule has 2 aromatic rings. The Kier molecular flexibility index (Phi) is 5.09. The molecule has 0 aliphatic carbocycles. The fourth-order valence-electron chi connectivity index (χ4n) is 2.16. The molecule has 1 aromatic carbocycles. The van der Waals surface area contributed by atoms with Crippen LogP contribution >= 0.6 is 15.9 Å². The molecule has 0 aliphatic rings. The molecule has 0 saturated carbocycles. The Bertz CT molecular complexity index is 568. The molecular formula is C15H18BrNO3. The monoisotopic (exact) mass is 339 g/mol. The fraction of sp³-hybridized carbons (Fsp3) is 0.333. The summed E-state index contributed by atoms with van der Waals surface area (Å²) in [5.74, 6) is 1.55. The summed E-state index contributed by atoms with van der Waals surface area (Å²) in [5.41, 5.74) is 2.08. The molecule has 1 heterocycles. The summed E-state index contributed by atoms with van der Waals surface area (Å²) in [4.78, 5) is 0. The maximum Gasteiger partial charge on any atom is 0.174 e. The van der Waals surface area contributed by atoms with Gasteiger partial charge in [-0.25, -0.2) is 0 Å². The van der Waals surface area contributed by atoms with E-state index in [-0.39, 0.29) is 6.04 Å². The van der Waals surface area contributed by atoms with E-state index in [4.69, 9.17) is 13.9 Å². The van der Waals surface area contributed by atoms with Crippen LogP contribution in [0.1, 0.15) is 24.1 Å². The van der Waals surface area contributed by atoms with E-state index in [9.17, 15) is 0 Å². The van der Waals surface area contributed by atoms with E-state index in [1.54, 1.807) is 20.5 Å². The number of benzene rings is 1. The molecule has 108 valence electrons. The predicted octanol–water partition coefficient (Wildman–Crippen LogP) is 3.76. The molecule has 0 saturated heterocycles. The van der Waals surface area contributed by atoms with Gasteiger partial charge in [0.05, 0.1) is 26.5 Å². The SMILES string of the molecule is CCNC(c1ccc(OC)cc1OC)c1ccoc1Br. The third-order valence-corrected chi connectivity index (χ3v) is 3.76. The Morgan fingerprint density at radius 3 is 2.55 bits per heavy atom. The van der Waals surface area contributed by atoms with Crippen LogP contribution in [0.4, 0.5) is 0 Å². The van der Waals surface area contributed by atoms with E-state index < -0.39 is 0 Å². The quantitative estimate of drug-likeness (QED) is 0.870. The number of furan rings is 1. The number of nitrogens with one attached hydrogen (secondary N) is 1. The third-order valence-electron chi connectivity index (χ3n) is 3.12. The van der Waals surface area contributed by atoms with E-state index in [1.807, 2.05) is 24.3 Å². The second kappa shape index (κ2) is 6.81. The maximum atomic E-state index is 5.49. The van der Waals surface area contributed by atoms with Crippen LogP contribution in [0.3, 0.4) is 0 Å². The van der Waals surface area contributed by atoms with Crippen molar-refractivity contribution in [1.29, 1.82) is 0 Å². The van der Waals surface area contributed by atoms with Crippen molar-refractivity contribution < 1.29 is 13.9 Å².